The summed E-state index contributed by atoms with van der Waals surface area (Å²) in [5.41, 5.74) is 3.55. The van der Waals surface area contributed by atoms with Crippen LogP contribution in [0.15, 0.2) is 48.5 Å². The third-order valence-corrected chi connectivity index (χ3v) is 3.34. The summed E-state index contributed by atoms with van der Waals surface area (Å²) in [5, 5.41) is 9.54. The predicted molar refractivity (Wildman–Crippen MR) is 76.1 cm³/mol. The van der Waals surface area contributed by atoms with Crippen LogP contribution in [0.25, 0.3) is 0 Å². The van der Waals surface area contributed by atoms with E-state index < -0.39 is 0 Å². The van der Waals surface area contributed by atoms with Crippen molar-refractivity contribution in [2.24, 2.45) is 0 Å². The molecule has 2 heteroatoms. The van der Waals surface area contributed by atoms with Gasteiger partial charge in [0.15, 0.2) is 0 Å². The number of hydrogen-bond acceptors (Lipinski definition) is 2. The minimum atomic E-state index is 0.221. The van der Waals surface area contributed by atoms with E-state index in [4.69, 9.17) is 0 Å². The van der Waals surface area contributed by atoms with E-state index in [2.05, 4.69) is 50.1 Å². The number of aryl methyl sites for hydroxylation is 1. The smallest absolute Gasteiger partial charge is 0.115 e. The highest BCUT2D eigenvalue weighted by molar-refractivity contribution is 5.50. The molecule has 0 aliphatic carbocycles. The molecule has 0 bridgehead atoms. The average Bonchev–Trinajstić information content (AvgIpc) is 2.37. The fourth-order valence-electron chi connectivity index (χ4n) is 2.08. The SMILES string of the molecule is Cc1cccc(N(C)C(C)c2cccc(O)c2)c1. The van der Waals surface area contributed by atoms with Gasteiger partial charge in [-0.05, 0) is 49.2 Å². The second-order valence-corrected chi connectivity index (χ2v) is 4.72. The molecule has 1 atom stereocenters. The van der Waals surface area contributed by atoms with E-state index in [0.717, 1.165) is 5.56 Å². The Balaban J connectivity index is 2.26. The van der Waals surface area contributed by atoms with Gasteiger partial charge in [-0.3, -0.25) is 0 Å². The van der Waals surface area contributed by atoms with Crippen LogP contribution in [0.4, 0.5) is 5.69 Å². The van der Waals surface area contributed by atoms with Crippen molar-refractivity contribution < 1.29 is 5.11 Å². The van der Waals surface area contributed by atoms with Crippen LogP contribution >= 0.6 is 0 Å². The molecule has 0 spiro atoms. The van der Waals surface area contributed by atoms with Gasteiger partial charge in [0.2, 0.25) is 0 Å². The zero-order valence-corrected chi connectivity index (χ0v) is 11.1. The van der Waals surface area contributed by atoms with E-state index in [1.54, 1.807) is 6.07 Å². The number of benzene rings is 2. The fraction of sp³-hybridized carbons (Fsp3) is 0.250. The molecule has 0 fully saturated rings. The van der Waals surface area contributed by atoms with Gasteiger partial charge in [0.25, 0.3) is 0 Å². The number of nitrogens with zero attached hydrogens (tertiary/aromatic N) is 1. The second-order valence-electron chi connectivity index (χ2n) is 4.72. The Morgan fingerprint density at radius 2 is 1.78 bits per heavy atom. The Hall–Kier alpha value is -1.96. The van der Waals surface area contributed by atoms with Crippen molar-refractivity contribution in [2.75, 3.05) is 11.9 Å². The lowest BCUT2D eigenvalue weighted by atomic mass is 10.1. The van der Waals surface area contributed by atoms with Crippen LogP contribution in [0.5, 0.6) is 5.75 Å². The summed E-state index contributed by atoms with van der Waals surface area (Å²) in [6, 6.07) is 16.1. The summed E-state index contributed by atoms with van der Waals surface area (Å²) >= 11 is 0. The molecule has 0 aromatic heterocycles. The minimum absolute atomic E-state index is 0.221. The van der Waals surface area contributed by atoms with Gasteiger partial charge >= 0.3 is 0 Å². The maximum absolute atomic E-state index is 9.54. The first kappa shape index (κ1) is 12.5. The Labute approximate surface area is 109 Å². The molecule has 0 heterocycles. The Morgan fingerprint density at radius 1 is 1.06 bits per heavy atom. The van der Waals surface area contributed by atoms with E-state index in [9.17, 15) is 5.11 Å². The summed E-state index contributed by atoms with van der Waals surface area (Å²) in [6.07, 6.45) is 0. The molecule has 1 N–H and O–H groups in total. The van der Waals surface area contributed by atoms with E-state index >= 15 is 0 Å². The van der Waals surface area contributed by atoms with Gasteiger partial charge in [-0.15, -0.1) is 0 Å². The van der Waals surface area contributed by atoms with Crippen molar-refractivity contribution in [1.82, 2.24) is 0 Å². The number of hydrogen-bond donors (Lipinski definition) is 1. The third-order valence-electron chi connectivity index (χ3n) is 3.34. The van der Waals surface area contributed by atoms with Gasteiger partial charge < -0.3 is 10.0 Å². The maximum Gasteiger partial charge on any atom is 0.115 e. The standard InChI is InChI=1S/C16H19NO/c1-12-6-4-8-15(10-12)17(3)13(2)14-7-5-9-16(18)11-14/h4-11,13,18H,1-3H3. The highest BCUT2D eigenvalue weighted by Crippen LogP contribution is 2.27. The van der Waals surface area contributed by atoms with Crippen molar-refractivity contribution in [2.45, 2.75) is 19.9 Å². The van der Waals surface area contributed by atoms with Crippen LogP contribution in [-0.2, 0) is 0 Å². The first-order chi connectivity index (χ1) is 8.58. The number of aromatic hydroxyl groups is 1. The topological polar surface area (TPSA) is 23.5 Å². The number of anilines is 1. The molecular formula is C16H19NO. The predicted octanol–water partition coefficient (Wildman–Crippen LogP) is 3.90. The molecule has 18 heavy (non-hydrogen) atoms. The maximum atomic E-state index is 9.54. The van der Waals surface area contributed by atoms with Crippen molar-refractivity contribution in [1.29, 1.82) is 0 Å². The Morgan fingerprint density at radius 3 is 2.44 bits per heavy atom. The molecule has 2 nitrogen and oxygen atoms in total. The molecule has 94 valence electrons. The van der Waals surface area contributed by atoms with Gasteiger partial charge in [-0.1, -0.05) is 24.3 Å². The van der Waals surface area contributed by atoms with Gasteiger partial charge in [-0.25, -0.2) is 0 Å². The quantitative estimate of drug-likeness (QED) is 0.881. The van der Waals surface area contributed by atoms with Crippen LogP contribution < -0.4 is 4.90 Å². The lowest BCUT2D eigenvalue weighted by Gasteiger charge is -2.27. The van der Waals surface area contributed by atoms with Crippen molar-refractivity contribution in [3.63, 3.8) is 0 Å². The van der Waals surface area contributed by atoms with Crippen LogP contribution in [-0.4, -0.2) is 12.2 Å². The lowest BCUT2D eigenvalue weighted by Crippen LogP contribution is -2.21. The fourth-order valence-corrected chi connectivity index (χ4v) is 2.08. The molecule has 0 radical (unpaired) electrons. The van der Waals surface area contributed by atoms with Crippen LogP contribution in [0.2, 0.25) is 0 Å². The molecule has 0 saturated carbocycles. The molecule has 0 aliphatic rings. The number of rotatable bonds is 3. The zero-order valence-electron chi connectivity index (χ0n) is 11.1. The zero-order chi connectivity index (χ0) is 13.1. The number of phenols is 1. The van der Waals surface area contributed by atoms with Crippen molar-refractivity contribution in [3.05, 3.63) is 59.7 Å². The Bertz CT molecular complexity index is 487. The molecular weight excluding hydrogens is 222 g/mol. The molecule has 2 aromatic rings. The third kappa shape index (κ3) is 2.65. The van der Waals surface area contributed by atoms with E-state index in [1.165, 1.54) is 11.3 Å². The highest BCUT2D eigenvalue weighted by atomic mass is 16.3. The molecule has 0 saturated heterocycles. The van der Waals surface area contributed by atoms with Crippen molar-refractivity contribution in [3.8, 4) is 5.75 Å². The average molecular weight is 241 g/mol. The molecule has 2 rings (SSSR count). The summed E-state index contributed by atoms with van der Waals surface area (Å²) in [6.45, 7) is 4.23. The van der Waals surface area contributed by atoms with Crippen LogP contribution in [0.3, 0.4) is 0 Å². The molecule has 1 unspecified atom stereocenters. The van der Waals surface area contributed by atoms with Gasteiger partial charge in [0.1, 0.15) is 5.75 Å². The largest absolute Gasteiger partial charge is 0.508 e. The highest BCUT2D eigenvalue weighted by Gasteiger charge is 2.12. The first-order valence-corrected chi connectivity index (χ1v) is 6.16. The summed E-state index contributed by atoms with van der Waals surface area (Å²) < 4.78 is 0. The normalized spacial score (nSPS) is 12.2. The molecule has 0 amide bonds. The van der Waals surface area contributed by atoms with Crippen LogP contribution in [0.1, 0.15) is 24.1 Å². The lowest BCUT2D eigenvalue weighted by molar-refractivity contribution is 0.474. The Kier molecular flexibility index (Phi) is 3.56. The van der Waals surface area contributed by atoms with Crippen LogP contribution in [0, 0.1) is 6.92 Å². The molecule has 2 aromatic carbocycles. The van der Waals surface area contributed by atoms with E-state index in [0.29, 0.717) is 5.75 Å². The van der Waals surface area contributed by atoms with Gasteiger partial charge in [0, 0.05) is 12.7 Å². The second kappa shape index (κ2) is 5.13. The van der Waals surface area contributed by atoms with E-state index in [1.807, 2.05) is 18.2 Å². The van der Waals surface area contributed by atoms with Gasteiger partial charge in [-0.2, -0.15) is 0 Å². The monoisotopic (exact) mass is 241 g/mol. The summed E-state index contributed by atoms with van der Waals surface area (Å²) in [5.74, 6) is 0.317. The minimum Gasteiger partial charge on any atom is -0.508 e. The first-order valence-electron chi connectivity index (χ1n) is 6.16. The number of phenolic OH excluding ortho intramolecular Hbond substituents is 1. The van der Waals surface area contributed by atoms with Crippen molar-refractivity contribution >= 4 is 5.69 Å². The molecule has 0 aliphatic heterocycles. The summed E-state index contributed by atoms with van der Waals surface area (Å²) in [4.78, 5) is 2.21. The van der Waals surface area contributed by atoms with E-state index in [-0.39, 0.29) is 6.04 Å². The van der Waals surface area contributed by atoms with Gasteiger partial charge in [0.05, 0.1) is 6.04 Å². The summed E-state index contributed by atoms with van der Waals surface area (Å²) in [7, 11) is 2.07.